The van der Waals surface area contributed by atoms with Gasteiger partial charge >= 0.3 is 5.97 Å². The highest BCUT2D eigenvalue weighted by Crippen LogP contribution is 2.30. The van der Waals surface area contributed by atoms with Crippen molar-refractivity contribution in [1.29, 1.82) is 0 Å². The van der Waals surface area contributed by atoms with Gasteiger partial charge in [0, 0.05) is 11.1 Å². The van der Waals surface area contributed by atoms with Crippen LogP contribution in [-0.4, -0.2) is 11.0 Å². The van der Waals surface area contributed by atoms with E-state index >= 15 is 0 Å². The Balaban J connectivity index is 1.99. The predicted octanol–water partition coefficient (Wildman–Crippen LogP) is 4.54. The van der Waals surface area contributed by atoms with Crippen LogP contribution in [0.1, 0.15) is 19.4 Å². The zero-order valence-corrected chi connectivity index (χ0v) is 13.1. The van der Waals surface area contributed by atoms with Crippen molar-refractivity contribution in [1.82, 2.24) is 4.98 Å². The quantitative estimate of drug-likeness (QED) is 0.403. The molecule has 0 atom stereocenters. The highest BCUT2D eigenvalue weighted by atomic mass is 16.5. The average molecular weight is 307 g/mol. The van der Waals surface area contributed by atoms with Crippen LogP contribution in [-0.2, 0) is 11.2 Å². The van der Waals surface area contributed by atoms with Gasteiger partial charge in [-0.25, -0.2) is 9.78 Å². The Morgan fingerprint density at radius 3 is 2.74 bits per heavy atom. The molecular formula is C19H17NO3. The molecule has 4 nitrogen and oxygen atoms in total. The molecular weight excluding hydrogens is 290 g/mol. The number of aromatic nitrogens is 1. The number of nitrogens with zero attached hydrogens (tertiary/aromatic N) is 1. The van der Waals surface area contributed by atoms with Crippen LogP contribution >= 0.6 is 0 Å². The summed E-state index contributed by atoms with van der Waals surface area (Å²) in [6, 6.07) is 13.1. The summed E-state index contributed by atoms with van der Waals surface area (Å²) in [6.45, 7) is 7.24. The molecule has 0 spiro atoms. The van der Waals surface area contributed by atoms with E-state index in [2.05, 4.69) is 11.6 Å². The molecule has 1 aromatic heterocycles. The summed E-state index contributed by atoms with van der Waals surface area (Å²) in [4.78, 5) is 16.2. The van der Waals surface area contributed by atoms with E-state index in [-0.39, 0.29) is 0 Å². The van der Waals surface area contributed by atoms with Gasteiger partial charge in [-0.15, -0.1) is 0 Å². The monoisotopic (exact) mass is 307 g/mol. The molecule has 4 heteroatoms. The number of fused-ring (bicyclic) bond motifs is 1. The summed E-state index contributed by atoms with van der Waals surface area (Å²) in [7, 11) is 0. The number of aryl methyl sites for hydroxylation is 1. The number of para-hydroxylation sites is 2. The van der Waals surface area contributed by atoms with E-state index in [9.17, 15) is 4.79 Å². The lowest BCUT2D eigenvalue weighted by atomic mass is 10.0. The highest BCUT2D eigenvalue weighted by Gasteiger charge is 2.14. The summed E-state index contributed by atoms with van der Waals surface area (Å²) in [5.74, 6) is 0.636. The van der Waals surface area contributed by atoms with Crippen molar-refractivity contribution in [3.05, 3.63) is 60.2 Å². The lowest BCUT2D eigenvalue weighted by molar-refractivity contribution is -0.130. The topological polar surface area (TPSA) is 52.3 Å². The molecule has 2 aromatic carbocycles. The molecule has 1 heterocycles. The van der Waals surface area contributed by atoms with Gasteiger partial charge in [-0.1, -0.05) is 25.6 Å². The second-order valence-corrected chi connectivity index (χ2v) is 5.33. The Bertz CT molecular complexity index is 860. The second-order valence-electron chi connectivity index (χ2n) is 5.33. The van der Waals surface area contributed by atoms with Gasteiger partial charge in [0.25, 0.3) is 0 Å². The molecule has 0 aliphatic rings. The minimum atomic E-state index is -0.429. The van der Waals surface area contributed by atoms with E-state index in [1.807, 2.05) is 43.3 Å². The van der Waals surface area contributed by atoms with Gasteiger partial charge in [0.05, 0.1) is 0 Å². The standard InChI is InChI=1S/C19H17NO3/c1-4-13-11-14(22-19(21)12(2)3)9-10-15(13)18-20-16-7-5-6-8-17(16)23-18/h5-11H,2,4H2,1,3H3. The molecule has 0 aliphatic carbocycles. The lowest BCUT2D eigenvalue weighted by Crippen LogP contribution is -2.08. The van der Waals surface area contributed by atoms with E-state index in [1.165, 1.54) is 0 Å². The fourth-order valence-electron chi connectivity index (χ4n) is 2.32. The number of hydrogen-bond donors (Lipinski definition) is 0. The van der Waals surface area contributed by atoms with Gasteiger partial charge in [-0.05, 0) is 49.2 Å². The largest absolute Gasteiger partial charge is 0.436 e. The van der Waals surface area contributed by atoms with Gasteiger partial charge in [-0.3, -0.25) is 0 Å². The van der Waals surface area contributed by atoms with Gasteiger partial charge in [0.15, 0.2) is 5.58 Å². The Hall–Kier alpha value is -2.88. The number of carbonyl (C=O) groups is 1. The fraction of sp³-hybridized carbons (Fsp3) is 0.158. The molecule has 0 N–H and O–H groups in total. The van der Waals surface area contributed by atoms with Crippen LogP contribution in [0.2, 0.25) is 0 Å². The molecule has 0 aliphatic heterocycles. The van der Waals surface area contributed by atoms with Crippen LogP contribution < -0.4 is 4.74 Å². The van der Waals surface area contributed by atoms with Crippen LogP contribution in [0.15, 0.2) is 59.0 Å². The third-order valence-electron chi connectivity index (χ3n) is 3.54. The number of esters is 1. The third kappa shape index (κ3) is 3.01. The maximum absolute atomic E-state index is 11.6. The van der Waals surface area contributed by atoms with E-state index in [0.717, 1.165) is 28.6 Å². The predicted molar refractivity (Wildman–Crippen MR) is 89.3 cm³/mol. The van der Waals surface area contributed by atoms with E-state index < -0.39 is 5.97 Å². The SMILES string of the molecule is C=C(C)C(=O)Oc1ccc(-c2nc3ccccc3o2)c(CC)c1. The Morgan fingerprint density at radius 1 is 1.26 bits per heavy atom. The lowest BCUT2D eigenvalue weighted by Gasteiger charge is -2.08. The first-order chi connectivity index (χ1) is 11.1. The maximum atomic E-state index is 11.6. The molecule has 116 valence electrons. The van der Waals surface area contributed by atoms with Crippen molar-refractivity contribution in [2.24, 2.45) is 0 Å². The number of ether oxygens (including phenoxy) is 1. The number of benzene rings is 2. The molecule has 0 bridgehead atoms. The smallest absolute Gasteiger partial charge is 0.338 e. The maximum Gasteiger partial charge on any atom is 0.338 e. The first-order valence-corrected chi connectivity index (χ1v) is 7.45. The molecule has 23 heavy (non-hydrogen) atoms. The normalized spacial score (nSPS) is 10.7. The van der Waals surface area contributed by atoms with Gasteiger partial charge in [0.1, 0.15) is 11.3 Å². The molecule has 0 amide bonds. The Kier molecular flexibility index (Phi) is 3.98. The Morgan fingerprint density at radius 2 is 2.04 bits per heavy atom. The van der Waals surface area contributed by atoms with Crippen molar-refractivity contribution in [2.45, 2.75) is 20.3 Å². The zero-order valence-electron chi connectivity index (χ0n) is 13.1. The number of carbonyl (C=O) groups excluding carboxylic acids is 1. The molecule has 0 unspecified atom stereocenters. The van der Waals surface area contributed by atoms with Crippen LogP contribution in [0, 0.1) is 0 Å². The molecule has 3 aromatic rings. The van der Waals surface area contributed by atoms with Crippen LogP contribution in [0.25, 0.3) is 22.6 Å². The zero-order chi connectivity index (χ0) is 16.4. The molecule has 0 fully saturated rings. The van der Waals surface area contributed by atoms with Crippen LogP contribution in [0.5, 0.6) is 5.75 Å². The molecule has 0 saturated heterocycles. The number of oxazole rings is 1. The van der Waals surface area contributed by atoms with E-state index in [4.69, 9.17) is 9.15 Å². The number of rotatable bonds is 4. The highest BCUT2D eigenvalue weighted by molar-refractivity contribution is 5.89. The first-order valence-electron chi connectivity index (χ1n) is 7.45. The first kappa shape index (κ1) is 15.0. The second kappa shape index (κ2) is 6.08. The molecule has 0 saturated carbocycles. The van der Waals surface area contributed by atoms with Crippen molar-refractivity contribution >= 4 is 17.1 Å². The van der Waals surface area contributed by atoms with Gasteiger partial charge < -0.3 is 9.15 Å². The van der Waals surface area contributed by atoms with Crippen LogP contribution in [0.4, 0.5) is 0 Å². The van der Waals surface area contributed by atoms with E-state index in [0.29, 0.717) is 17.2 Å². The Labute approximate surface area is 134 Å². The van der Waals surface area contributed by atoms with Crippen molar-refractivity contribution in [3.63, 3.8) is 0 Å². The number of hydrogen-bond acceptors (Lipinski definition) is 4. The summed E-state index contributed by atoms with van der Waals surface area (Å²) in [5, 5.41) is 0. The minimum absolute atomic E-state index is 0.367. The summed E-state index contributed by atoms with van der Waals surface area (Å²) in [6.07, 6.45) is 0.770. The summed E-state index contributed by atoms with van der Waals surface area (Å²) < 4.78 is 11.1. The fourth-order valence-corrected chi connectivity index (χ4v) is 2.32. The van der Waals surface area contributed by atoms with Crippen molar-refractivity contribution < 1.29 is 13.9 Å². The van der Waals surface area contributed by atoms with Crippen molar-refractivity contribution in [3.8, 4) is 17.2 Å². The molecule has 3 rings (SSSR count). The van der Waals surface area contributed by atoms with Gasteiger partial charge in [0.2, 0.25) is 5.89 Å². The van der Waals surface area contributed by atoms with Gasteiger partial charge in [-0.2, -0.15) is 0 Å². The minimum Gasteiger partial charge on any atom is -0.436 e. The van der Waals surface area contributed by atoms with Crippen molar-refractivity contribution in [2.75, 3.05) is 0 Å². The summed E-state index contributed by atoms with van der Waals surface area (Å²) >= 11 is 0. The van der Waals surface area contributed by atoms with E-state index in [1.54, 1.807) is 13.0 Å². The summed E-state index contributed by atoms with van der Waals surface area (Å²) in [5.41, 5.74) is 3.85. The molecule has 0 radical (unpaired) electrons. The van der Waals surface area contributed by atoms with Crippen LogP contribution in [0.3, 0.4) is 0 Å². The third-order valence-corrected chi connectivity index (χ3v) is 3.54. The average Bonchev–Trinajstić information content (AvgIpc) is 2.98.